The largest absolute Gasteiger partial charge is 0.331 e. The lowest BCUT2D eigenvalue weighted by molar-refractivity contribution is -0.383. The number of urea groups is 1. The Morgan fingerprint density at radius 2 is 1.52 bits per heavy atom. The van der Waals surface area contributed by atoms with E-state index >= 15 is 0 Å². The number of nitro groups is 1. The number of anilines is 1. The zero-order valence-corrected chi connectivity index (χ0v) is 15.8. The van der Waals surface area contributed by atoms with Crippen LogP contribution in [0.5, 0.6) is 0 Å². The van der Waals surface area contributed by atoms with Gasteiger partial charge in [-0.3, -0.25) is 10.1 Å². The Labute approximate surface area is 167 Å². The molecule has 0 aliphatic carbocycles. The van der Waals surface area contributed by atoms with E-state index in [1.54, 1.807) is 30.3 Å². The normalized spacial score (nSPS) is 11.9. The average molecular weight is 385 g/mol. The van der Waals surface area contributed by atoms with Crippen LogP contribution in [0.2, 0.25) is 0 Å². The Hall–Kier alpha value is -3.93. The Balaban J connectivity index is 1.59. The molecule has 6 heteroatoms. The molecule has 1 atom stereocenters. The number of nitrogens with one attached hydrogen (secondary N) is 2. The van der Waals surface area contributed by atoms with Crippen molar-refractivity contribution in [3.63, 3.8) is 0 Å². The minimum atomic E-state index is -0.422. The van der Waals surface area contributed by atoms with Gasteiger partial charge in [0.2, 0.25) is 0 Å². The molecule has 144 valence electrons. The van der Waals surface area contributed by atoms with Gasteiger partial charge in [-0.25, -0.2) is 4.79 Å². The van der Waals surface area contributed by atoms with Crippen LogP contribution in [0, 0.1) is 10.1 Å². The number of fused-ring (bicyclic) bond motifs is 2. The topological polar surface area (TPSA) is 84.3 Å². The van der Waals surface area contributed by atoms with Crippen molar-refractivity contribution in [1.29, 1.82) is 0 Å². The van der Waals surface area contributed by atoms with Gasteiger partial charge in [-0.15, -0.1) is 0 Å². The molecule has 2 amide bonds. The molecule has 0 aliphatic rings. The second kappa shape index (κ2) is 7.59. The fraction of sp³-hybridized carbons (Fsp3) is 0.0870. The zero-order valence-electron chi connectivity index (χ0n) is 15.8. The van der Waals surface area contributed by atoms with Gasteiger partial charge in [-0.2, -0.15) is 0 Å². The lowest BCUT2D eigenvalue weighted by Crippen LogP contribution is -2.31. The van der Waals surface area contributed by atoms with Crippen molar-refractivity contribution < 1.29 is 9.72 Å². The number of non-ortho nitro benzene ring substituents is 1. The highest BCUT2D eigenvalue weighted by Crippen LogP contribution is 2.30. The maximum absolute atomic E-state index is 12.6. The van der Waals surface area contributed by atoms with Gasteiger partial charge in [-0.05, 0) is 35.4 Å². The Bertz CT molecular complexity index is 1230. The van der Waals surface area contributed by atoms with Crippen LogP contribution in [-0.2, 0) is 0 Å². The monoisotopic (exact) mass is 385 g/mol. The summed E-state index contributed by atoms with van der Waals surface area (Å²) in [5, 5.41) is 20.3. The highest BCUT2D eigenvalue weighted by atomic mass is 16.6. The quantitative estimate of drug-likeness (QED) is 0.345. The molecule has 0 aromatic heterocycles. The van der Waals surface area contributed by atoms with E-state index in [0.717, 1.165) is 16.3 Å². The summed E-state index contributed by atoms with van der Waals surface area (Å²) in [5.41, 5.74) is 1.55. The minimum Gasteiger partial charge on any atom is -0.331 e. The molecule has 2 N–H and O–H groups in total. The van der Waals surface area contributed by atoms with Crippen LogP contribution in [0.25, 0.3) is 21.5 Å². The fourth-order valence-corrected chi connectivity index (χ4v) is 3.62. The van der Waals surface area contributed by atoms with Gasteiger partial charge in [0.1, 0.15) is 0 Å². The molecular weight excluding hydrogens is 366 g/mol. The highest BCUT2D eigenvalue weighted by Gasteiger charge is 2.16. The Kier molecular flexibility index (Phi) is 4.83. The smallest absolute Gasteiger partial charge is 0.319 e. The first-order valence-corrected chi connectivity index (χ1v) is 9.26. The lowest BCUT2D eigenvalue weighted by Gasteiger charge is -2.17. The molecule has 0 saturated carbocycles. The molecule has 4 aromatic carbocycles. The molecule has 0 fully saturated rings. The molecule has 0 saturated heterocycles. The van der Waals surface area contributed by atoms with Gasteiger partial charge in [0, 0.05) is 11.5 Å². The SMILES string of the molecule is C[C@@H](NC(=O)Nc1cccc2c([N+](=O)[O-])cccc12)c1cccc2ccccc12. The molecule has 0 bridgehead atoms. The second-order valence-electron chi connectivity index (χ2n) is 6.82. The van der Waals surface area contributed by atoms with E-state index in [1.165, 1.54) is 6.07 Å². The summed E-state index contributed by atoms with van der Waals surface area (Å²) >= 11 is 0. The number of hydrogen-bond acceptors (Lipinski definition) is 3. The predicted molar refractivity (Wildman–Crippen MR) is 115 cm³/mol. The molecule has 0 radical (unpaired) electrons. The average Bonchev–Trinajstić information content (AvgIpc) is 2.73. The highest BCUT2D eigenvalue weighted by molar-refractivity contribution is 6.04. The molecule has 29 heavy (non-hydrogen) atoms. The van der Waals surface area contributed by atoms with Gasteiger partial charge in [0.25, 0.3) is 5.69 Å². The van der Waals surface area contributed by atoms with Crippen LogP contribution in [-0.4, -0.2) is 11.0 Å². The van der Waals surface area contributed by atoms with Crippen LogP contribution < -0.4 is 10.6 Å². The van der Waals surface area contributed by atoms with Gasteiger partial charge in [0.15, 0.2) is 0 Å². The third-order valence-corrected chi connectivity index (χ3v) is 4.98. The van der Waals surface area contributed by atoms with Crippen molar-refractivity contribution in [1.82, 2.24) is 5.32 Å². The van der Waals surface area contributed by atoms with E-state index in [-0.39, 0.29) is 17.8 Å². The summed E-state index contributed by atoms with van der Waals surface area (Å²) in [4.78, 5) is 23.5. The van der Waals surface area contributed by atoms with Crippen LogP contribution in [0.4, 0.5) is 16.2 Å². The van der Waals surface area contributed by atoms with Gasteiger partial charge < -0.3 is 10.6 Å². The van der Waals surface area contributed by atoms with Gasteiger partial charge in [-0.1, -0.05) is 60.7 Å². The fourth-order valence-electron chi connectivity index (χ4n) is 3.62. The van der Waals surface area contributed by atoms with Crippen LogP contribution in [0.1, 0.15) is 18.5 Å². The second-order valence-corrected chi connectivity index (χ2v) is 6.82. The van der Waals surface area contributed by atoms with Crippen LogP contribution in [0.15, 0.2) is 78.9 Å². The molecule has 0 aliphatic heterocycles. The molecule has 0 spiro atoms. The summed E-state index contributed by atoms with van der Waals surface area (Å²) in [7, 11) is 0. The third-order valence-electron chi connectivity index (χ3n) is 4.98. The molecule has 4 rings (SSSR count). The number of carbonyl (C=O) groups is 1. The molecule has 4 aromatic rings. The number of hydrogen-bond donors (Lipinski definition) is 2. The van der Waals surface area contributed by atoms with E-state index < -0.39 is 4.92 Å². The molecular formula is C23H19N3O3. The van der Waals surface area contributed by atoms with E-state index in [1.807, 2.05) is 49.4 Å². The van der Waals surface area contributed by atoms with E-state index in [2.05, 4.69) is 10.6 Å². The standard InChI is InChI=1S/C23H19N3O3/c1-15(17-10-4-8-16-7-2-3-9-18(16)17)24-23(27)25-21-13-5-12-20-19(21)11-6-14-22(20)26(28)29/h2-15H,1H3,(H2,24,25,27)/t15-/m1/s1. The number of nitrogens with zero attached hydrogens (tertiary/aromatic N) is 1. The molecule has 6 nitrogen and oxygen atoms in total. The number of carbonyl (C=O) groups excluding carboxylic acids is 1. The maximum Gasteiger partial charge on any atom is 0.319 e. The Morgan fingerprint density at radius 3 is 2.34 bits per heavy atom. The van der Waals surface area contributed by atoms with Crippen molar-refractivity contribution in [2.75, 3.05) is 5.32 Å². The zero-order chi connectivity index (χ0) is 20.4. The summed E-state index contributed by atoms with van der Waals surface area (Å²) < 4.78 is 0. The lowest BCUT2D eigenvalue weighted by atomic mass is 10.00. The third kappa shape index (κ3) is 3.60. The van der Waals surface area contributed by atoms with Crippen molar-refractivity contribution >= 4 is 39.0 Å². The molecule has 0 heterocycles. The predicted octanol–water partition coefficient (Wildman–Crippen LogP) is 5.78. The summed E-state index contributed by atoms with van der Waals surface area (Å²) in [6.45, 7) is 1.93. The van der Waals surface area contributed by atoms with Crippen molar-refractivity contribution in [2.45, 2.75) is 13.0 Å². The first kappa shape index (κ1) is 18.4. The summed E-state index contributed by atoms with van der Waals surface area (Å²) in [5.74, 6) is 0. The number of nitro benzene ring substituents is 1. The van der Waals surface area contributed by atoms with E-state index in [4.69, 9.17) is 0 Å². The van der Waals surface area contributed by atoms with Crippen molar-refractivity contribution in [3.8, 4) is 0 Å². The minimum absolute atomic E-state index is 0.00989. The summed E-state index contributed by atoms with van der Waals surface area (Å²) in [6, 6.07) is 23.4. The first-order chi connectivity index (χ1) is 14.0. The van der Waals surface area contributed by atoms with Crippen LogP contribution in [0.3, 0.4) is 0 Å². The number of amides is 2. The maximum atomic E-state index is 12.6. The van der Waals surface area contributed by atoms with E-state index in [0.29, 0.717) is 16.5 Å². The van der Waals surface area contributed by atoms with Crippen molar-refractivity contribution in [2.24, 2.45) is 0 Å². The summed E-state index contributed by atoms with van der Waals surface area (Å²) in [6.07, 6.45) is 0. The Morgan fingerprint density at radius 1 is 0.862 bits per heavy atom. The number of benzene rings is 4. The van der Waals surface area contributed by atoms with Gasteiger partial charge >= 0.3 is 6.03 Å². The molecule has 0 unspecified atom stereocenters. The first-order valence-electron chi connectivity index (χ1n) is 9.26. The van der Waals surface area contributed by atoms with E-state index in [9.17, 15) is 14.9 Å². The van der Waals surface area contributed by atoms with Crippen LogP contribution >= 0.6 is 0 Å². The van der Waals surface area contributed by atoms with Gasteiger partial charge in [0.05, 0.1) is 22.0 Å². The number of rotatable bonds is 4. The van der Waals surface area contributed by atoms with Crippen molar-refractivity contribution in [3.05, 3.63) is 94.5 Å².